The summed E-state index contributed by atoms with van der Waals surface area (Å²) < 4.78 is 5.42. The second kappa shape index (κ2) is 11.5. The van der Waals surface area contributed by atoms with Crippen molar-refractivity contribution in [2.45, 2.75) is 44.6 Å². The van der Waals surface area contributed by atoms with Gasteiger partial charge in [-0.25, -0.2) is 0 Å². The molecule has 3 aliphatic heterocycles. The molecule has 0 aromatic heterocycles. The lowest BCUT2D eigenvalue weighted by molar-refractivity contribution is -0.132. The Morgan fingerprint density at radius 2 is 1.75 bits per heavy atom. The normalized spacial score (nSPS) is 25.8. The highest BCUT2D eigenvalue weighted by molar-refractivity contribution is 5.85. The summed E-state index contributed by atoms with van der Waals surface area (Å²) in [7, 11) is 0. The summed E-state index contributed by atoms with van der Waals surface area (Å²) in [5.41, 5.74) is 0. The molecule has 3 aliphatic rings. The van der Waals surface area contributed by atoms with E-state index in [4.69, 9.17) is 4.74 Å². The van der Waals surface area contributed by atoms with E-state index in [-0.39, 0.29) is 24.8 Å². The first-order chi connectivity index (χ1) is 10.8. The molecule has 5 nitrogen and oxygen atoms in total. The molecular formula is C17H33Cl2N3O2. The number of ether oxygens (including phenoxy) is 1. The third-order valence-corrected chi connectivity index (χ3v) is 5.50. The van der Waals surface area contributed by atoms with Crippen molar-refractivity contribution in [1.29, 1.82) is 0 Å². The Bertz CT molecular complexity index is 362. The molecule has 0 saturated carbocycles. The van der Waals surface area contributed by atoms with E-state index < -0.39 is 0 Å². The van der Waals surface area contributed by atoms with Gasteiger partial charge >= 0.3 is 0 Å². The van der Waals surface area contributed by atoms with Crippen LogP contribution in [0.1, 0.15) is 38.5 Å². The Labute approximate surface area is 158 Å². The van der Waals surface area contributed by atoms with Crippen LogP contribution in [0.25, 0.3) is 0 Å². The number of likely N-dealkylation sites (tertiary alicyclic amines) is 1. The number of nitrogens with zero attached hydrogens (tertiary/aromatic N) is 2. The maximum Gasteiger partial charge on any atom is 0.222 e. The fourth-order valence-electron chi connectivity index (χ4n) is 4.08. The quantitative estimate of drug-likeness (QED) is 0.789. The van der Waals surface area contributed by atoms with Gasteiger partial charge in [0, 0.05) is 38.6 Å². The molecule has 0 aliphatic carbocycles. The molecule has 3 heterocycles. The average molecular weight is 382 g/mol. The molecule has 1 atom stereocenters. The topological polar surface area (TPSA) is 44.8 Å². The molecule has 0 aromatic rings. The van der Waals surface area contributed by atoms with E-state index in [1.54, 1.807) is 0 Å². The third-order valence-electron chi connectivity index (χ3n) is 5.50. The lowest BCUT2D eigenvalue weighted by Crippen LogP contribution is -2.46. The molecule has 24 heavy (non-hydrogen) atoms. The number of amides is 1. The Hall–Kier alpha value is -0.0700. The summed E-state index contributed by atoms with van der Waals surface area (Å²) in [5.74, 6) is 1.15. The van der Waals surface area contributed by atoms with Gasteiger partial charge in [0.1, 0.15) is 0 Å². The standard InChI is InChI=1S/C17H31N3O2.2ClH/c21-17(4-3-15-5-7-18-8-6-15)20-9-1-2-16(20)14-19-10-12-22-13-11-19;;/h15-16,18H,1-14H2;2*1H. The van der Waals surface area contributed by atoms with Gasteiger partial charge in [0.15, 0.2) is 0 Å². The molecule has 3 rings (SSSR count). The molecule has 0 radical (unpaired) electrons. The van der Waals surface area contributed by atoms with Crippen molar-refractivity contribution in [2.24, 2.45) is 5.92 Å². The first-order valence-electron chi connectivity index (χ1n) is 9.13. The SMILES string of the molecule is Cl.Cl.O=C(CCC1CCNCC1)N1CCCC1CN1CCOCC1. The molecule has 142 valence electrons. The van der Waals surface area contributed by atoms with Crippen LogP contribution < -0.4 is 5.32 Å². The molecule has 1 amide bonds. The molecule has 7 heteroatoms. The van der Waals surface area contributed by atoms with E-state index in [1.807, 2.05) is 0 Å². The van der Waals surface area contributed by atoms with Crippen molar-refractivity contribution in [3.63, 3.8) is 0 Å². The van der Waals surface area contributed by atoms with Gasteiger partial charge in [-0.05, 0) is 51.1 Å². The van der Waals surface area contributed by atoms with E-state index in [1.165, 1.54) is 25.7 Å². The van der Waals surface area contributed by atoms with Crippen LogP contribution in [0.2, 0.25) is 0 Å². The van der Waals surface area contributed by atoms with Crippen LogP contribution >= 0.6 is 24.8 Å². The molecule has 1 N–H and O–H groups in total. The minimum Gasteiger partial charge on any atom is -0.379 e. The van der Waals surface area contributed by atoms with Crippen LogP contribution in [0.5, 0.6) is 0 Å². The largest absolute Gasteiger partial charge is 0.379 e. The first kappa shape index (κ1) is 22.0. The van der Waals surface area contributed by atoms with Crippen molar-refractivity contribution < 1.29 is 9.53 Å². The fourth-order valence-corrected chi connectivity index (χ4v) is 4.08. The molecule has 1 unspecified atom stereocenters. The maximum atomic E-state index is 12.6. The zero-order valence-electron chi connectivity index (χ0n) is 14.6. The fraction of sp³-hybridized carbons (Fsp3) is 0.941. The van der Waals surface area contributed by atoms with Crippen molar-refractivity contribution in [3.8, 4) is 0 Å². The zero-order chi connectivity index (χ0) is 15.2. The van der Waals surface area contributed by atoms with E-state index >= 15 is 0 Å². The number of hydrogen-bond acceptors (Lipinski definition) is 4. The van der Waals surface area contributed by atoms with Crippen LogP contribution in [0.4, 0.5) is 0 Å². The molecule has 3 saturated heterocycles. The van der Waals surface area contributed by atoms with Crippen molar-refractivity contribution >= 4 is 30.7 Å². The Balaban J connectivity index is 0.00000144. The van der Waals surface area contributed by atoms with E-state index in [9.17, 15) is 4.79 Å². The summed E-state index contributed by atoms with van der Waals surface area (Å²) in [6, 6.07) is 0.443. The van der Waals surface area contributed by atoms with Gasteiger partial charge in [-0.1, -0.05) is 0 Å². The number of hydrogen-bond donors (Lipinski definition) is 1. The number of rotatable bonds is 5. The molecule has 0 aromatic carbocycles. The van der Waals surface area contributed by atoms with Gasteiger partial charge in [0.25, 0.3) is 0 Å². The number of piperidine rings is 1. The Morgan fingerprint density at radius 1 is 1.04 bits per heavy atom. The van der Waals surface area contributed by atoms with Gasteiger partial charge in [0.2, 0.25) is 5.91 Å². The molecular weight excluding hydrogens is 349 g/mol. The van der Waals surface area contributed by atoms with Gasteiger partial charge in [-0.15, -0.1) is 24.8 Å². The van der Waals surface area contributed by atoms with Crippen LogP contribution in [-0.2, 0) is 9.53 Å². The highest BCUT2D eigenvalue weighted by Crippen LogP contribution is 2.23. The smallest absolute Gasteiger partial charge is 0.222 e. The highest BCUT2D eigenvalue weighted by atomic mass is 35.5. The average Bonchev–Trinajstić information content (AvgIpc) is 3.03. The van der Waals surface area contributed by atoms with Crippen LogP contribution in [0.3, 0.4) is 0 Å². The third kappa shape index (κ3) is 6.34. The number of carbonyl (C=O) groups is 1. The van der Waals surface area contributed by atoms with E-state index in [0.717, 1.165) is 71.2 Å². The second-order valence-corrected chi connectivity index (χ2v) is 7.03. The number of halogens is 2. The van der Waals surface area contributed by atoms with Crippen molar-refractivity contribution in [3.05, 3.63) is 0 Å². The summed E-state index contributed by atoms with van der Waals surface area (Å²) >= 11 is 0. The number of carbonyl (C=O) groups excluding carboxylic acids is 1. The number of nitrogens with one attached hydrogen (secondary N) is 1. The van der Waals surface area contributed by atoms with Gasteiger partial charge in [0.05, 0.1) is 13.2 Å². The summed E-state index contributed by atoms with van der Waals surface area (Å²) in [6.45, 7) is 8.00. The van der Waals surface area contributed by atoms with Crippen molar-refractivity contribution in [1.82, 2.24) is 15.1 Å². The van der Waals surface area contributed by atoms with Crippen LogP contribution in [0, 0.1) is 5.92 Å². The summed E-state index contributed by atoms with van der Waals surface area (Å²) in [5, 5.41) is 3.40. The Kier molecular flexibility index (Phi) is 10.6. The molecule has 0 bridgehead atoms. The summed E-state index contributed by atoms with van der Waals surface area (Å²) in [4.78, 5) is 17.2. The maximum absolute atomic E-state index is 12.6. The molecule has 0 spiro atoms. The predicted molar refractivity (Wildman–Crippen MR) is 101 cm³/mol. The van der Waals surface area contributed by atoms with Gasteiger partial charge in [-0.3, -0.25) is 9.69 Å². The van der Waals surface area contributed by atoms with Crippen LogP contribution in [0.15, 0.2) is 0 Å². The highest BCUT2D eigenvalue weighted by Gasteiger charge is 2.30. The minimum absolute atomic E-state index is 0. The minimum atomic E-state index is 0. The van der Waals surface area contributed by atoms with Gasteiger partial charge in [-0.2, -0.15) is 0 Å². The first-order valence-corrected chi connectivity index (χ1v) is 9.13. The van der Waals surface area contributed by atoms with Crippen molar-refractivity contribution in [2.75, 3.05) is 52.5 Å². The van der Waals surface area contributed by atoms with E-state index in [2.05, 4.69) is 15.1 Å². The lowest BCUT2D eigenvalue weighted by atomic mass is 9.93. The lowest BCUT2D eigenvalue weighted by Gasteiger charge is -2.33. The predicted octanol–water partition coefficient (Wildman–Crippen LogP) is 1.93. The van der Waals surface area contributed by atoms with Crippen LogP contribution in [-0.4, -0.2) is 74.2 Å². The van der Waals surface area contributed by atoms with Gasteiger partial charge < -0.3 is 15.0 Å². The number of morpholine rings is 1. The zero-order valence-corrected chi connectivity index (χ0v) is 16.2. The summed E-state index contributed by atoms with van der Waals surface area (Å²) in [6.07, 6.45) is 6.67. The molecule has 3 fully saturated rings. The second-order valence-electron chi connectivity index (χ2n) is 7.03. The van der Waals surface area contributed by atoms with E-state index in [0.29, 0.717) is 11.9 Å². The monoisotopic (exact) mass is 381 g/mol. The Morgan fingerprint density at radius 3 is 2.46 bits per heavy atom.